The van der Waals surface area contributed by atoms with Crippen molar-refractivity contribution >= 4 is 39.2 Å². The molecule has 0 saturated carbocycles. The van der Waals surface area contributed by atoms with E-state index in [0.29, 0.717) is 6.42 Å². The van der Waals surface area contributed by atoms with Crippen LogP contribution in [0.15, 0.2) is 23.1 Å². The molecule has 0 spiro atoms. The van der Waals surface area contributed by atoms with Gasteiger partial charge >= 0.3 is 5.97 Å². The monoisotopic (exact) mass is 325 g/mol. The summed E-state index contributed by atoms with van der Waals surface area (Å²) in [6.07, 6.45) is 0.701. The molecule has 5 nitrogen and oxygen atoms in total. The van der Waals surface area contributed by atoms with Gasteiger partial charge in [0.15, 0.2) is 0 Å². The van der Waals surface area contributed by atoms with E-state index in [2.05, 4.69) is 4.72 Å². The zero-order valence-electron chi connectivity index (χ0n) is 10.1. The second-order valence-corrected chi connectivity index (χ2v) is 6.32. The van der Waals surface area contributed by atoms with Crippen LogP contribution in [0.2, 0.25) is 10.0 Å². The quantitative estimate of drug-likeness (QED) is 0.841. The van der Waals surface area contributed by atoms with Crippen molar-refractivity contribution < 1.29 is 18.3 Å². The molecule has 19 heavy (non-hydrogen) atoms. The predicted octanol–water partition coefficient (Wildman–Crippen LogP) is 2.53. The third-order valence-corrected chi connectivity index (χ3v) is 4.79. The van der Waals surface area contributed by atoms with Crippen molar-refractivity contribution in [3.8, 4) is 0 Å². The first kappa shape index (κ1) is 16.2. The summed E-state index contributed by atoms with van der Waals surface area (Å²) < 4.78 is 26.3. The van der Waals surface area contributed by atoms with Gasteiger partial charge in [-0.2, -0.15) is 4.72 Å². The standard InChI is InChI=1S/C11H13Cl2NO4S/c1-2-4-9(11(15)16)14-19(17,18)10-7(12)5-3-6-8(10)13/h3,5-6,9,14H,2,4H2,1H3,(H,15,16)/t9-/m0/s1. The minimum atomic E-state index is -4.08. The SMILES string of the molecule is CCC[C@H](NS(=O)(=O)c1c(Cl)cccc1Cl)C(=O)O. The smallest absolute Gasteiger partial charge is 0.321 e. The summed E-state index contributed by atoms with van der Waals surface area (Å²) in [5.74, 6) is -1.24. The molecule has 1 aromatic carbocycles. The van der Waals surface area contributed by atoms with Crippen LogP contribution in [0.5, 0.6) is 0 Å². The van der Waals surface area contributed by atoms with Gasteiger partial charge in [0, 0.05) is 0 Å². The molecule has 0 aliphatic rings. The zero-order valence-corrected chi connectivity index (χ0v) is 12.4. The first-order chi connectivity index (χ1) is 8.79. The maximum atomic E-state index is 12.1. The lowest BCUT2D eigenvalue weighted by molar-refractivity contribution is -0.139. The number of hydrogen-bond donors (Lipinski definition) is 2. The molecule has 0 radical (unpaired) electrons. The van der Waals surface area contributed by atoms with Gasteiger partial charge in [0.25, 0.3) is 0 Å². The minimum Gasteiger partial charge on any atom is -0.480 e. The molecule has 0 aliphatic carbocycles. The fraction of sp³-hybridized carbons (Fsp3) is 0.364. The number of carboxylic acid groups (broad SMARTS) is 1. The van der Waals surface area contributed by atoms with Crippen molar-refractivity contribution in [3.63, 3.8) is 0 Å². The van der Waals surface area contributed by atoms with E-state index in [0.717, 1.165) is 0 Å². The van der Waals surface area contributed by atoms with Crippen LogP contribution < -0.4 is 4.72 Å². The van der Waals surface area contributed by atoms with Gasteiger partial charge in [0.1, 0.15) is 10.9 Å². The second-order valence-electron chi connectivity index (χ2n) is 3.85. The Kier molecular flexibility index (Phi) is 5.61. The topological polar surface area (TPSA) is 83.5 Å². The average molecular weight is 326 g/mol. The van der Waals surface area contributed by atoms with Crippen molar-refractivity contribution in [2.24, 2.45) is 0 Å². The van der Waals surface area contributed by atoms with Crippen molar-refractivity contribution in [2.75, 3.05) is 0 Å². The molecule has 1 atom stereocenters. The summed E-state index contributed by atoms with van der Waals surface area (Å²) in [5, 5.41) is 8.85. The molecule has 0 aliphatic heterocycles. The normalized spacial score (nSPS) is 13.2. The Bertz CT molecular complexity index is 554. The Hall–Kier alpha value is -0.820. The van der Waals surface area contributed by atoms with E-state index in [1.165, 1.54) is 18.2 Å². The minimum absolute atomic E-state index is 0.0550. The number of nitrogens with one attached hydrogen (secondary N) is 1. The first-order valence-corrected chi connectivity index (χ1v) is 7.72. The first-order valence-electron chi connectivity index (χ1n) is 5.48. The van der Waals surface area contributed by atoms with Crippen LogP contribution in [0, 0.1) is 0 Å². The fourth-order valence-corrected chi connectivity index (χ4v) is 3.87. The molecule has 1 aromatic rings. The van der Waals surface area contributed by atoms with E-state index < -0.39 is 22.0 Å². The largest absolute Gasteiger partial charge is 0.480 e. The Balaban J connectivity index is 3.14. The number of hydrogen-bond acceptors (Lipinski definition) is 3. The van der Waals surface area contributed by atoms with E-state index >= 15 is 0 Å². The van der Waals surface area contributed by atoms with Gasteiger partial charge in [-0.3, -0.25) is 4.79 Å². The van der Waals surface area contributed by atoms with E-state index in [1.54, 1.807) is 6.92 Å². The summed E-state index contributed by atoms with van der Waals surface area (Å²) in [7, 11) is -4.08. The summed E-state index contributed by atoms with van der Waals surface area (Å²) in [6, 6.07) is 3.04. The van der Waals surface area contributed by atoms with E-state index in [9.17, 15) is 13.2 Å². The molecular formula is C11H13Cl2NO4S. The van der Waals surface area contributed by atoms with Gasteiger partial charge in [-0.1, -0.05) is 42.6 Å². The van der Waals surface area contributed by atoms with Gasteiger partial charge in [0.05, 0.1) is 10.0 Å². The Labute approximate surface area is 121 Å². The van der Waals surface area contributed by atoms with Crippen LogP contribution in [-0.2, 0) is 14.8 Å². The molecule has 0 heterocycles. The van der Waals surface area contributed by atoms with E-state index in [4.69, 9.17) is 28.3 Å². The van der Waals surface area contributed by atoms with Crippen LogP contribution in [0.4, 0.5) is 0 Å². The molecule has 0 saturated heterocycles. The molecule has 0 fully saturated rings. The lowest BCUT2D eigenvalue weighted by Crippen LogP contribution is -2.40. The number of halogens is 2. The van der Waals surface area contributed by atoms with Crippen molar-refractivity contribution in [1.82, 2.24) is 4.72 Å². The molecule has 0 unspecified atom stereocenters. The van der Waals surface area contributed by atoms with Gasteiger partial charge in [-0.15, -0.1) is 0 Å². The van der Waals surface area contributed by atoms with E-state index in [1.807, 2.05) is 0 Å². The van der Waals surface area contributed by atoms with Crippen LogP contribution in [-0.4, -0.2) is 25.5 Å². The number of sulfonamides is 1. The number of carbonyl (C=O) groups is 1. The number of rotatable bonds is 6. The molecule has 2 N–H and O–H groups in total. The molecule has 1 rings (SSSR count). The third-order valence-electron chi connectivity index (χ3n) is 2.36. The zero-order chi connectivity index (χ0) is 14.6. The summed E-state index contributed by atoms with van der Waals surface area (Å²) in [5.41, 5.74) is 0. The number of carboxylic acids is 1. The highest BCUT2D eigenvalue weighted by Gasteiger charge is 2.28. The van der Waals surface area contributed by atoms with Gasteiger partial charge < -0.3 is 5.11 Å². The van der Waals surface area contributed by atoms with E-state index in [-0.39, 0.29) is 21.4 Å². The van der Waals surface area contributed by atoms with Crippen molar-refractivity contribution in [1.29, 1.82) is 0 Å². The van der Waals surface area contributed by atoms with Crippen molar-refractivity contribution in [3.05, 3.63) is 28.2 Å². The number of benzene rings is 1. The predicted molar refractivity (Wildman–Crippen MR) is 73.1 cm³/mol. The highest BCUT2D eigenvalue weighted by molar-refractivity contribution is 7.89. The van der Waals surface area contributed by atoms with Gasteiger partial charge in [0.2, 0.25) is 10.0 Å². The maximum absolute atomic E-state index is 12.1. The van der Waals surface area contributed by atoms with Crippen LogP contribution in [0.3, 0.4) is 0 Å². The number of aliphatic carboxylic acids is 1. The maximum Gasteiger partial charge on any atom is 0.321 e. The van der Waals surface area contributed by atoms with Gasteiger partial charge in [-0.25, -0.2) is 8.42 Å². The Morgan fingerprint density at radius 2 is 1.89 bits per heavy atom. The van der Waals surface area contributed by atoms with Crippen LogP contribution >= 0.6 is 23.2 Å². The van der Waals surface area contributed by atoms with Crippen LogP contribution in [0.1, 0.15) is 19.8 Å². The fourth-order valence-electron chi connectivity index (χ4n) is 1.51. The molecular weight excluding hydrogens is 313 g/mol. The molecule has 0 aromatic heterocycles. The molecule has 0 amide bonds. The summed E-state index contributed by atoms with van der Waals surface area (Å²) in [6.45, 7) is 1.76. The lowest BCUT2D eigenvalue weighted by atomic mass is 10.2. The molecule has 8 heteroatoms. The molecule has 106 valence electrons. The summed E-state index contributed by atoms with van der Waals surface area (Å²) >= 11 is 11.6. The highest BCUT2D eigenvalue weighted by Crippen LogP contribution is 2.29. The van der Waals surface area contributed by atoms with Gasteiger partial charge in [-0.05, 0) is 18.6 Å². The summed E-state index contributed by atoms with van der Waals surface area (Å²) in [4.78, 5) is 10.7. The Morgan fingerprint density at radius 1 is 1.37 bits per heavy atom. The van der Waals surface area contributed by atoms with Crippen molar-refractivity contribution in [2.45, 2.75) is 30.7 Å². The van der Waals surface area contributed by atoms with Crippen LogP contribution in [0.25, 0.3) is 0 Å². The lowest BCUT2D eigenvalue weighted by Gasteiger charge is -2.15. The second kappa shape index (κ2) is 6.56. The average Bonchev–Trinajstić information content (AvgIpc) is 2.27. The Morgan fingerprint density at radius 3 is 2.32 bits per heavy atom. The highest BCUT2D eigenvalue weighted by atomic mass is 35.5. The molecule has 0 bridgehead atoms. The third kappa shape index (κ3) is 4.07.